The number of fused-ring (bicyclic) bond motifs is 1. The van der Waals surface area contributed by atoms with E-state index in [1.165, 1.54) is 6.20 Å². The lowest BCUT2D eigenvalue weighted by atomic mass is 9.85. The van der Waals surface area contributed by atoms with Crippen molar-refractivity contribution in [3.8, 4) is 0 Å². The van der Waals surface area contributed by atoms with Crippen LogP contribution in [-0.4, -0.2) is 44.7 Å². The van der Waals surface area contributed by atoms with Crippen LogP contribution in [0.15, 0.2) is 18.3 Å². The zero-order valence-electron chi connectivity index (χ0n) is 17.5. The number of halogens is 3. The van der Waals surface area contributed by atoms with Gasteiger partial charge in [0, 0.05) is 24.1 Å². The van der Waals surface area contributed by atoms with Gasteiger partial charge in [0.2, 0.25) is 17.8 Å². The summed E-state index contributed by atoms with van der Waals surface area (Å²) in [5.41, 5.74) is 5.84. The molecule has 1 saturated heterocycles. The van der Waals surface area contributed by atoms with E-state index in [2.05, 4.69) is 25.6 Å². The topological polar surface area (TPSA) is 120 Å². The van der Waals surface area contributed by atoms with Crippen LogP contribution in [0.5, 0.6) is 0 Å². The summed E-state index contributed by atoms with van der Waals surface area (Å²) in [6, 6.07) is 1.15. The third-order valence-electron chi connectivity index (χ3n) is 6.11. The number of primary amides is 1. The summed E-state index contributed by atoms with van der Waals surface area (Å²) >= 11 is 0. The van der Waals surface area contributed by atoms with Crippen LogP contribution in [0.25, 0.3) is 11.2 Å². The number of carbonyl (C=O) groups excluding carboxylic acids is 1. The first-order chi connectivity index (χ1) is 15.9. The summed E-state index contributed by atoms with van der Waals surface area (Å²) < 4.78 is 49.0. The molecule has 0 atom stereocenters. The molecule has 1 saturated carbocycles. The Hall–Kier alpha value is -3.41. The second-order valence-electron chi connectivity index (χ2n) is 8.36. The standard InChI is InChI=1S/C21H22F3N7O2/c22-11-5-14(23)17(15(24)6-11)29-21-28-16-7-26-20(27-12-8-33-9-12)30-19(16)31(21)13-3-1-10(2-4-13)18(25)32/h5-7,10,12-13H,1-4,8-9H2,(H2,25,32)(H,28,29)(H,26,27,30)/t10-,13+. The SMILES string of the molecule is NC(=O)[C@H]1CC[C@@H](n2c(Nc3c(F)cc(F)cc3F)nc3cnc(NC4COC4)nc32)CC1. The molecule has 2 aromatic heterocycles. The summed E-state index contributed by atoms with van der Waals surface area (Å²) in [6.07, 6.45) is 3.89. The van der Waals surface area contributed by atoms with E-state index in [4.69, 9.17) is 10.5 Å². The molecule has 1 aliphatic carbocycles. The highest BCUT2D eigenvalue weighted by Crippen LogP contribution is 2.37. The van der Waals surface area contributed by atoms with Gasteiger partial charge in [0.05, 0.1) is 25.5 Å². The molecule has 1 aromatic carbocycles. The quantitative estimate of drug-likeness (QED) is 0.516. The van der Waals surface area contributed by atoms with Crippen LogP contribution >= 0.6 is 0 Å². The van der Waals surface area contributed by atoms with E-state index >= 15 is 0 Å². The third-order valence-corrected chi connectivity index (χ3v) is 6.11. The third kappa shape index (κ3) is 4.17. The molecule has 2 fully saturated rings. The van der Waals surface area contributed by atoms with Crippen molar-refractivity contribution in [3.63, 3.8) is 0 Å². The largest absolute Gasteiger partial charge is 0.377 e. The number of nitrogens with two attached hydrogens (primary N) is 1. The molecule has 9 nitrogen and oxygen atoms in total. The fraction of sp³-hybridized carbons (Fsp3) is 0.429. The second-order valence-corrected chi connectivity index (χ2v) is 8.36. The Morgan fingerprint density at radius 2 is 1.79 bits per heavy atom. The van der Waals surface area contributed by atoms with Crippen molar-refractivity contribution in [1.29, 1.82) is 0 Å². The van der Waals surface area contributed by atoms with Gasteiger partial charge in [-0.3, -0.25) is 9.36 Å². The van der Waals surface area contributed by atoms with Crippen molar-refractivity contribution in [1.82, 2.24) is 19.5 Å². The van der Waals surface area contributed by atoms with Crippen molar-refractivity contribution >= 4 is 34.7 Å². The summed E-state index contributed by atoms with van der Waals surface area (Å²) in [7, 11) is 0. The number of benzene rings is 1. The maximum Gasteiger partial charge on any atom is 0.225 e. The molecule has 33 heavy (non-hydrogen) atoms. The molecule has 0 unspecified atom stereocenters. The van der Waals surface area contributed by atoms with E-state index in [1.807, 2.05) is 0 Å². The van der Waals surface area contributed by atoms with Crippen molar-refractivity contribution in [2.24, 2.45) is 11.7 Å². The first-order valence-electron chi connectivity index (χ1n) is 10.7. The Morgan fingerprint density at radius 3 is 2.39 bits per heavy atom. The number of carbonyl (C=O) groups is 1. The molecule has 2 aliphatic rings. The van der Waals surface area contributed by atoms with Crippen molar-refractivity contribution in [2.45, 2.75) is 37.8 Å². The fourth-order valence-corrected chi connectivity index (χ4v) is 4.29. The molecule has 1 aliphatic heterocycles. The summed E-state index contributed by atoms with van der Waals surface area (Å²) in [5, 5.41) is 5.85. The zero-order valence-corrected chi connectivity index (χ0v) is 17.5. The van der Waals surface area contributed by atoms with Gasteiger partial charge in [-0.15, -0.1) is 0 Å². The van der Waals surface area contributed by atoms with Crippen LogP contribution < -0.4 is 16.4 Å². The Morgan fingerprint density at radius 1 is 1.09 bits per heavy atom. The van der Waals surface area contributed by atoms with Crippen LogP contribution in [0, 0.1) is 23.4 Å². The first kappa shape index (κ1) is 21.4. The van der Waals surface area contributed by atoms with Gasteiger partial charge in [0.15, 0.2) is 17.3 Å². The number of anilines is 3. The molecule has 5 rings (SSSR count). The van der Waals surface area contributed by atoms with E-state index in [9.17, 15) is 18.0 Å². The summed E-state index contributed by atoms with van der Waals surface area (Å²) in [4.78, 5) is 24.9. The maximum absolute atomic E-state index is 14.3. The monoisotopic (exact) mass is 461 g/mol. The van der Waals surface area contributed by atoms with Crippen LogP contribution in [-0.2, 0) is 9.53 Å². The number of rotatable bonds is 6. The summed E-state index contributed by atoms with van der Waals surface area (Å²) in [6.45, 7) is 1.10. The van der Waals surface area contributed by atoms with Crippen LogP contribution in [0.1, 0.15) is 31.7 Å². The zero-order chi connectivity index (χ0) is 23.1. The molecule has 3 heterocycles. The van der Waals surface area contributed by atoms with Crippen LogP contribution in [0.3, 0.4) is 0 Å². The van der Waals surface area contributed by atoms with E-state index in [1.54, 1.807) is 4.57 Å². The minimum atomic E-state index is -1.08. The average molecular weight is 461 g/mol. The number of ether oxygens (including phenoxy) is 1. The van der Waals surface area contributed by atoms with Gasteiger partial charge in [0.1, 0.15) is 17.0 Å². The highest BCUT2D eigenvalue weighted by Gasteiger charge is 2.30. The summed E-state index contributed by atoms with van der Waals surface area (Å²) in [5.74, 6) is -3.21. The average Bonchev–Trinajstić information content (AvgIpc) is 3.10. The van der Waals surface area contributed by atoms with Gasteiger partial charge in [-0.2, -0.15) is 4.98 Å². The lowest BCUT2D eigenvalue weighted by Gasteiger charge is -2.29. The number of hydrogen-bond donors (Lipinski definition) is 3. The molecule has 3 aromatic rings. The Balaban J connectivity index is 1.54. The predicted molar refractivity (Wildman–Crippen MR) is 113 cm³/mol. The molecular weight excluding hydrogens is 439 g/mol. The van der Waals surface area contributed by atoms with Gasteiger partial charge in [-0.05, 0) is 25.7 Å². The molecular formula is C21H22F3N7O2. The second kappa shape index (κ2) is 8.50. The number of amides is 1. The van der Waals surface area contributed by atoms with E-state index in [0.29, 0.717) is 68.1 Å². The van der Waals surface area contributed by atoms with Gasteiger partial charge in [-0.25, -0.2) is 23.1 Å². The van der Waals surface area contributed by atoms with Gasteiger partial charge in [-0.1, -0.05) is 0 Å². The number of nitrogens with one attached hydrogen (secondary N) is 2. The smallest absolute Gasteiger partial charge is 0.225 e. The van der Waals surface area contributed by atoms with Crippen LogP contribution in [0.4, 0.5) is 30.8 Å². The molecule has 174 valence electrons. The maximum atomic E-state index is 14.3. The lowest BCUT2D eigenvalue weighted by molar-refractivity contribution is -0.122. The van der Waals surface area contributed by atoms with Gasteiger partial charge >= 0.3 is 0 Å². The molecule has 1 amide bonds. The number of hydrogen-bond acceptors (Lipinski definition) is 7. The molecule has 12 heteroatoms. The highest BCUT2D eigenvalue weighted by atomic mass is 19.1. The Labute approximate surface area is 186 Å². The van der Waals surface area contributed by atoms with E-state index in [0.717, 1.165) is 0 Å². The van der Waals surface area contributed by atoms with Crippen LogP contribution in [0.2, 0.25) is 0 Å². The van der Waals surface area contributed by atoms with E-state index in [-0.39, 0.29) is 29.9 Å². The van der Waals surface area contributed by atoms with E-state index < -0.39 is 23.1 Å². The normalized spacial score (nSPS) is 21.1. The Kier molecular flexibility index (Phi) is 5.52. The molecule has 0 bridgehead atoms. The lowest BCUT2D eigenvalue weighted by Crippen LogP contribution is -2.40. The minimum Gasteiger partial charge on any atom is -0.377 e. The first-order valence-corrected chi connectivity index (χ1v) is 10.7. The fourth-order valence-electron chi connectivity index (χ4n) is 4.29. The van der Waals surface area contributed by atoms with Crippen molar-refractivity contribution in [3.05, 3.63) is 35.8 Å². The predicted octanol–water partition coefficient (Wildman–Crippen LogP) is 3.01. The number of imidazole rings is 1. The molecule has 0 spiro atoms. The number of nitrogens with zero attached hydrogens (tertiary/aromatic N) is 4. The molecule has 0 radical (unpaired) electrons. The van der Waals surface area contributed by atoms with Crippen molar-refractivity contribution < 1.29 is 22.7 Å². The van der Waals surface area contributed by atoms with Crippen molar-refractivity contribution in [2.75, 3.05) is 23.8 Å². The van der Waals surface area contributed by atoms with Gasteiger partial charge in [0.25, 0.3) is 0 Å². The molecule has 4 N–H and O–H groups in total. The minimum absolute atomic E-state index is 0.102. The Bertz CT molecular complexity index is 1180. The highest BCUT2D eigenvalue weighted by molar-refractivity contribution is 5.78. The van der Waals surface area contributed by atoms with Gasteiger partial charge < -0.3 is 21.1 Å². The number of aromatic nitrogens is 4.